The zero-order valence-corrected chi connectivity index (χ0v) is 20.3. The summed E-state index contributed by atoms with van der Waals surface area (Å²) in [6.07, 6.45) is 12.7. The molecule has 182 valence electrons. The first-order valence-electron chi connectivity index (χ1n) is 12.9. The summed E-state index contributed by atoms with van der Waals surface area (Å²) in [7, 11) is 0. The smallest absolute Gasteiger partial charge is 0.310 e. The SMILES string of the molecule is CC1([C@H]2[C@H](C(=O)O)[C@H](c3ccccc3)[C@H]2C(=O)O[C@H]2CCCCC2c2ccccc2)C=CC=CC1. The maximum Gasteiger partial charge on any atom is 0.310 e. The van der Waals surface area contributed by atoms with Gasteiger partial charge < -0.3 is 9.84 Å². The van der Waals surface area contributed by atoms with E-state index in [1.807, 2.05) is 60.7 Å². The highest BCUT2D eigenvalue weighted by Crippen LogP contribution is 2.61. The number of hydrogen-bond donors (Lipinski definition) is 1. The molecule has 4 nitrogen and oxygen atoms in total. The number of carboxylic acid groups (broad SMARTS) is 1. The first-order chi connectivity index (χ1) is 17.0. The number of ether oxygens (including phenoxy) is 1. The fraction of sp³-hybridized carbons (Fsp3) is 0.419. The Morgan fingerprint density at radius 1 is 0.886 bits per heavy atom. The third-order valence-electron chi connectivity index (χ3n) is 8.53. The lowest BCUT2D eigenvalue weighted by atomic mass is 9.46. The minimum atomic E-state index is -0.836. The van der Waals surface area contributed by atoms with Gasteiger partial charge in [0.15, 0.2) is 0 Å². The molecule has 35 heavy (non-hydrogen) atoms. The third kappa shape index (κ3) is 4.47. The normalized spacial score (nSPS) is 34.1. The van der Waals surface area contributed by atoms with Gasteiger partial charge in [-0.2, -0.15) is 0 Å². The van der Waals surface area contributed by atoms with Crippen molar-refractivity contribution >= 4 is 11.9 Å². The van der Waals surface area contributed by atoms with Gasteiger partial charge in [0.05, 0.1) is 11.8 Å². The van der Waals surface area contributed by atoms with Crippen molar-refractivity contribution in [2.75, 3.05) is 0 Å². The van der Waals surface area contributed by atoms with E-state index in [1.54, 1.807) is 0 Å². The molecule has 5 rings (SSSR count). The molecule has 0 heterocycles. The summed E-state index contributed by atoms with van der Waals surface area (Å²) in [6, 6.07) is 20.0. The molecule has 0 saturated heterocycles. The lowest BCUT2D eigenvalue weighted by molar-refractivity contribution is -0.182. The average Bonchev–Trinajstić information content (AvgIpc) is 2.85. The van der Waals surface area contributed by atoms with Crippen LogP contribution >= 0.6 is 0 Å². The van der Waals surface area contributed by atoms with E-state index < -0.39 is 23.2 Å². The number of carbonyl (C=O) groups is 2. The van der Waals surface area contributed by atoms with Crippen LogP contribution in [-0.2, 0) is 14.3 Å². The van der Waals surface area contributed by atoms with E-state index in [4.69, 9.17) is 4.74 Å². The van der Waals surface area contributed by atoms with E-state index in [0.29, 0.717) is 0 Å². The highest BCUT2D eigenvalue weighted by Gasteiger charge is 2.63. The van der Waals surface area contributed by atoms with Crippen molar-refractivity contribution in [1.29, 1.82) is 0 Å². The second kappa shape index (κ2) is 9.85. The Morgan fingerprint density at radius 3 is 2.17 bits per heavy atom. The molecule has 2 saturated carbocycles. The number of carbonyl (C=O) groups excluding carboxylic acids is 1. The van der Waals surface area contributed by atoms with Gasteiger partial charge in [0.25, 0.3) is 0 Å². The number of rotatable bonds is 6. The highest BCUT2D eigenvalue weighted by atomic mass is 16.5. The van der Waals surface area contributed by atoms with E-state index in [-0.39, 0.29) is 29.8 Å². The van der Waals surface area contributed by atoms with Crippen LogP contribution < -0.4 is 0 Å². The van der Waals surface area contributed by atoms with Gasteiger partial charge in [0.2, 0.25) is 0 Å². The molecule has 4 heteroatoms. The molecule has 2 fully saturated rings. The Hall–Kier alpha value is -3.14. The largest absolute Gasteiger partial charge is 0.481 e. The molecule has 0 spiro atoms. The zero-order chi connectivity index (χ0) is 24.4. The summed E-state index contributed by atoms with van der Waals surface area (Å²) in [5.74, 6) is -2.72. The number of benzene rings is 2. The van der Waals surface area contributed by atoms with E-state index in [0.717, 1.165) is 37.7 Å². The number of carboxylic acids is 1. The number of hydrogen-bond acceptors (Lipinski definition) is 3. The molecule has 2 aromatic rings. The van der Waals surface area contributed by atoms with Gasteiger partial charge >= 0.3 is 11.9 Å². The molecule has 3 aliphatic carbocycles. The monoisotopic (exact) mass is 470 g/mol. The maximum absolute atomic E-state index is 14.0. The molecule has 7 atom stereocenters. The molecule has 1 N–H and O–H groups in total. The Kier molecular flexibility index (Phi) is 6.64. The minimum Gasteiger partial charge on any atom is -0.481 e. The molecule has 3 aliphatic rings. The van der Waals surface area contributed by atoms with Crippen molar-refractivity contribution < 1.29 is 19.4 Å². The first-order valence-corrected chi connectivity index (χ1v) is 12.9. The van der Waals surface area contributed by atoms with Crippen LogP contribution in [0.3, 0.4) is 0 Å². The van der Waals surface area contributed by atoms with Crippen molar-refractivity contribution in [2.45, 2.75) is 57.0 Å². The number of esters is 1. The molecular formula is C31H34O4. The second-order valence-electron chi connectivity index (χ2n) is 10.6. The topological polar surface area (TPSA) is 63.6 Å². The molecule has 2 unspecified atom stereocenters. The van der Waals surface area contributed by atoms with Crippen molar-refractivity contribution in [3.05, 3.63) is 96.1 Å². The van der Waals surface area contributed by atoms with Crippen LogP contribution in [0.2, 0.25) is 0 Å². The summed E-state index contributed by atoms with van der Waals surface area (Å²) in [6.45, 7) is 2.09. The Morgan fingerprint density at radius 2 is 1.54 bits per heavy atom. The minimum absolute atomic E-state index is 0.172. The molecular weight excluding hydrogens is 436 g/mol. The van der Waals surface area contributed by atoms with Gasteiger partial charge in [-0.15, -0.1) is 0 Å². The van der Waals surface area contributed by atoms with Crippen molar-refractivity contribution in [3.8, 4) is 0 Å². The average molecular weight is 471 g/mol. The van der Waals surface area contributed by atoms with Crippen LogP contribution in [0.15, 0.2) is 85.0 Å². The van der Waals surface area contributed by atoms with Gasteiger partial charge in [-0.3, -0.25) is 9.59 Å². The van der Waals surface area contributed by atoms with Gasteiger partial charge in [-0.05, 0) is 48.1 Å². The van der Waals surface area contributed by atoms with Gasteiger partial charge in [0, 0.05) is 11.8 Å². The first kappa shape index (κ1) is 23.6. The standard InChI is InChI=1S/C31H34O4/c1-31(19-11-4-12-20-31)28-26(29(32)33)25(22-15-7-3-8-16-22)27(28)30(34)35-24-18-10-9-17-23(24)21-13-5-2-6-14-21/h2-8,11-16,19,23-28H,9-10,17-18,20H2,1H3,(H,32,33)/t23?,24-,25-,26+,27+,28-,31?/m0/s1. The quantitative estimate of drug-likeness (QED) is 0.489. The van der Waals surface area contributed by atoms with Crippen molar-refractivity contribution in [1.82, 2.24) is 0 Å². The molecule has 0 bridgehead atoms. The predicted octanol–water partition coefficient (Wildman–Crippen LogP) is 6.51. The van der Waals surface area contributed by atoms with Crippen molar-refractivity contribution in [3.63, 3.8) is 0 Å². The van der Waals surface area contributed by atoms with Crippen LogP contribution in [0.25, 0.3) is 0 Å². The molecule has 0 aliphatic heterocycles. The van der Waals surface area contributed by atoms with Gasteiger partial charge in [-0.25, -0.2) is 0 Å². The van der Waals surface area contributed by atoms with E-state index in [9.17, 15) is 14.7 Å². The lowest BCUT2D eigenvalue weighted by Crippen LogP contribution is -2.59. The maximum atomic E-state index is 14.0. The van der Waals surface area contributed by atoms with Gasteiger partial charge in [0.1, 0.15) is 6.10 Å². The molecule has 0 aromatic heterocycles. The summed E-state index contributed by atoms with van der Waals surface area (Å²) in [5.41, 5.74) is 1.71. The molecule has 2 aromatic carbocycles. The number of aliphatic carboxylic acids is 1. The van der Waals surface area contributed by atoms with Crippen LogP contribution in [0.1, 0.15) is 62.0 Å². The lowest BCUT2D eigenvalue weighted by Gasteiger charge is -2.56. The number of allylic oxidation sites excluding steroid dienone is 4. The summed E-state index contributed by atoms with van der Waals surface area (Å²) >= 11 is 0. The fourth-order valence-corrected chi connectivity index (χ4v) is 6.80. The Bertz CT molecular complexity index is 1110. The highest BCUT2D eigenvalue weighted by molar-refractivity contribution is 5.83. The van der Waals surface area contributed by atoms with Gasteiger partial charge in [-0.1, -0.05) is 98.3 Å². The zero-order valence-electron chi connectivity index (χ0n) is 20.3. The summed E-state index contributed by atoms with van der Waals surface area (Å²) < 4.78 is 6.33. The summed E-state index contributed by atoms with van der Waals surface area (Å²) in [5, 5.41) is 10.3. The Labute approximate surface area is 207 Å². The van der Waals surface area contributed by atoms with Crippen LogP contribution in [-0.4, -0.2) is 23.1 Å². The third-order valence-corrected chi connectivity index (χ3v) is 8.53. The predicted molar refractivity (Wildman–Crippen MR) is 136 cm³/mol. The van der Waals surface area contributed by atoms with E-state index in [1.165, 1.54) is 5.56 Å². The van der Waals surface area contributed by atoms with Crippen molar-refractivity contribution in [2.24, 2.45) is 23.2 Å². The van der Waals surface area contributed by atoms with E-state index in [2.05, 4.69) is 31.2 Å². The Balaban J connectivity index is 1.47. The van der Waals surface area contributed by atoms with Crippen LogP contribution in [0, 0.1) is 23.2 Å². The van der Waals surface area contributed by atoms with E-state index >= 15 is 0 Å². The molecule has 0 radical (unpaired) electrons. The fourth-order valence-electron chi connectivity index (χ4n) is 6.80. The second-order valence-corrected chi connectivity index (χ2v) is 10.6. The van der Waals surface area contributed by atoms with Crippen LogP contribution in [0.5, 0.6) is 0 Å². The molecule has 0 amide bonds. The van der Waals surface area contributed by atoms with Crippen LogP contribution in [0.4, 0.5) is 0 Å². The summed E-state index contributed by atoms with van der Waals surface area (Å²) in [4.78, 5) is 26.5.